The van der Waals surface area contributed by atoms with Gasteiger partial charge in [0.05, 0.1) is 11.3 Å². The summed E-state index contributed by atoms with van der Waals surface area (Å²) in [5, 5.41) is 8.61. The van der Waals surface area contributed by atoms with E-state index in [4.69, 9.17) is 12.2 Å². The van der Waals surface area contributed by atoms with Gasteiger partial charge in [-0.05, 0) is 86.1 Å². The fourth-order valence-electron chi connectivity index (χ4n) is 2.87. The molecule has 0 atom stereocenters. The number of carbonyl (C=O) groups excluding carboxylic acids is 2. The molecule has 0 heterocycles. The lowest BCUT2D eigenvalue weighted by Gasteiger charge is -2.14. The van der Waals surface area contributed by atoms with Crippen LogP contribution in [0.15, 0.2) is 65.1 Å². The van der Waals surface area contributed by atoms with Crippen molar-refractivity contribution in [2.24, 2.45) is 0 Å². The third-order valence-corrected chi connectivity index (χ3v) is 5.90. The molecule has 0 aliphatic rings. The lowest BCUT2D eigenvalue weighted by atomic mass is 10.1. The second kappa shape index (κ2) is 9.85. The van der Waals surface area contributed by atoms with Crippen LogP contribution in [-0.2, 0) is 0 Å². The van der Waals surface area contributed by atoms with Gasteiger partial charge in [0.1, 0.15) is 0 Å². The maximum absolute atomic E-state index is 12.8. The summed E-state index contributed by atoms with van der Waals surface area (Å²) >= 11 is 8.71. The van der Waals surface area contributed by atoms with E-state index >= 15 is 0 Å². The molecule has 3 aromatic carbocycles. The van der Waals surface area contributed by atoms with Crippen LogP contribution in [0.1, 0.15) is 37.4 Å². The Labute approximate surface area is 195 Å². The van der Waals surface area contributed by atoms with Crippen LogP contribution in [0.25, 0.3) is 0 Å². The molecule has 0 saturated heterocycles. The first kappa shape index (κ1) is 22.7. The van der Waals surface area contributed by atoms with E-state index in [9.17, 15) is 9.59 Å². The number of hydrogen-bond donors (Lipinski definition) is 3. The van der Waals surface area contributed by atoms with Crippen molar-refractivity contribution in [3.63, 3.8) is 0 Å². The number of anilines is 2. The van der Waals surface area contributed by atoms with Gasteiger partial charge < -0.3 is 10.6 Å². The Bertz CT molecular complexity index is 1180. The van der Waals surface area contributed by atoms with Crippen LogP contribution in [0.3, 0.4) is 0 Å². The molecule has 7 heteroatoms. The van der Waals surface area contributed by atoms with Crippen molar-refractivity contribution in [2.45, 2.75) is 20.8 Å². The SMILES string of the molecule is Cc1ccc(NC(=O)c2ccccc2NC(=S)NC(=O)c2ccc(C)c(Br)c2)cc1C. The van der Waals surface area contributed by atoms with Crippen LogP contribution in [0.4, 0.5) is 11.4 Å². The molecule has 0 radical (unpaired) electrons. The van der Waals surface area contributed by atoms with Gasteiger partial charge in [-0.3, -0.25) is 14.9 Å². The molecule has 0 fully saturated rings. The van der Waals surface area contributed by atoms with Gasteiger partial charge in [0.15, 0.2) is 5.11 Å². The Morgan fingerprint density at radius 3 is 2.23 bits per heavy atom. The van der Waals surface area contributed by atoms with Crippen molar-refractivity contribution >= 4 is 56.4 Å². The number of thiocarbonyl (C=S) groups is 1. The standard InChI is InChI=1S/C24H22BrN3O2S/c1-14-9-11-18(12-16(14)3)26-23(30)19-6-4-5-7-21(19)27-24(31)28-22(29)17-10-8-15(2)20(25)13-17/h4-13H,1-3H3,(H,26,30)(H2,27,28,29,31). The largest absolute Gasteiger partial charge is 0.332 e. The summed E-state index contributed by atoms with van der Waals surface area (Å²) in [6.07, 6.45) is 0. The smallest absolute Gasteiger partial charge is 0.257 e. The minimum Gasteiger partial charge on any atom is -0.332 e. The van der Waals surface area contributed by atoms with Crippen molar-refractivity contribution in [2.75, 3.05) is 10.6 Å². The number of nitrogens with one attached hydrogen (secondary N) is 3. The zero-order chi connectivity index (χ0) is 22.5. The minimum atomic E-state index is -0.338. The Morgan fingerprint density at radius 1 is 0.806 bits per heavy atom. The molecule has 5 nitrogen and oxygen atoms in total. The van der Waals surface area contributed by atoms with Gasteiger partial charge in [-0.2, -0.15) is 0 Å². The molecule has 0 bridgehead atoms. The van der Waals surface area contributed by atoms with E-state index in [-0.39, 0.29) is 16.9 Å². The summed E-state index contributed by atoms with van der Waals surface area (Å²) in [5.41, 5.74) is 5.37. The van der Waals surface area contributed by atoms with Crippen molar-refractivity contribution in [3.05, 3.63) is 93.0 Å². The van der Waals surface area contributed by atoms with E-state index in [0.717, 1.165) is 21.2 Å². The maximum atomic E-state index is 12.8. The van der Waals surface area contributed by atoms with E-state index in [1.807, 2.05) is 45.0 Å². The first-order valence-electron chi connectivity index (χ1n) is 9.60. The predicted molar refractivity (Wildman–Crippen MR) is 133 cm³/mol. The predicted octanol–water partition coefficient (Wildman–Crippen LogP) is 5.75. The Kier molecular flexibility index (Phi) is 7.20. The summed E-state index contributed by atoms with van der Waals surface area (Å²) in [5.74, 6) is -0.613. The number of para-hydroxylation sites is 1. The van der Waals surface area contributed by atoms with Crippen LogP contribution in [0.5, 0.6) is 0 Å². The molecule has 158 valence electrons. The second-order valence-electron chi connectivity index (χ2n) is 7.17. The molecule has 3 aromatic rings. The van der Waals surface area contributed by atoms with Crippen LogP contribution >= 0.6 is 28.1 Å². The molecule has 2 amide bonds. The fraction of sp³-hybridized carbons (Fsp3) is 0.125. The van der Waals surface area contributed by atoms with E-state index in [2.05, 4.69) is 31.9 Å². The first-order chi connectivity index (χ1) is 14.7. The molecule has 0 unspecified atom stereocenters. The van der Waals surface area contributed by atoms with Crippen molar-refractivity contribution in [1.82, 2.24) is 5.32 Å². The van der Waals surface area contributed by atoms with E-state index in [0.29, 0.717) is 22.5 Å². The monoisotopic (exact) mass is 495 g/mol. The lowest BCUT2D eigenvalue weighted by molar-refractivity contribution is 0.0976. The molecular formula is C24H22BrN3O2S. The van der Waals surface area contributed by atoms with Gasteiger partial charge in [-0.25, -0.2) is 0 Å². The average Bonchev–Trinajstić information content (AvgIpc) is 2.73. The highest BCUT2D eigenvalue weighted by Gasteiger charge is 2.14. The zero-order valence-corrected chi connectivity index (χ0v) is 19.8. The molecule has 3 rings (SSSR count). The molecule has 31 heavy (non-hydrogen) atoms. The van der Waals surface area contributed by atoms with Gasteiger partial charge in [0.2, 0.25) is 0 Å². The molecule has 0 aliphatic carbocycles. The number of aryl methyl sites for hydroxylation is 3. The number of carbonyl (C=O) groups is 2. The van der Waals surface area contributed by atoms with E-state index < -0.39 is 0 Å². The minimum absolute atomic E-state index is 0.105. The Balaban J connectivity index is 1.71. The third kappa shape index (κ3) is 5.77. The van der Waals surface area contributed by atoms with Crippen LogP contribution in [-0.4, -0.2) is 16.9 Å². The van der Waals surface area contributed by atoms with Crippen molar-refractivity contribution < 1.29 is 9.59 Å². The van der Waals surface area contributed by atoms with Crippen LogP contribution < -0.4 is 16.0 Å². The number of amides is 2. The third-order valence-electron chi connectivity index (χ3n) is 4.85. The summed E-state index contributed by atoms with van der Waals surface area (Å²) in [7, 11) is 0. The fourth-order valence-corrected chi connectivity index (χ4v) is 3.45. The van der Waals surface area contributed by atoms with Gasteiger partial charge in [0, 0.05) is 15.7 Å². The number of hydrogen-bond acceptors (Lipinski definition) is 3. The van der Waals surface area contributed by atoms with Crippen LogP contribution in [0, 0.1) is 20.8 Å². The quantitative estimate of drug-likeness (QED) is 0.402. The topological polar surface area (TPSA) is 70.2 Å². The zero-order valence-electron chi connectivity index (χ0n) is 17.4. The normalized spacial score (nSPS) is 10.3. The van der Waals surface area contributed by atoms with Gasteiger partial charge in [0.25, 0.3) is 11.8 Å². The summed E-state index contributed by atoms with van der Waals surface area (Å²) in [6.45, 7) is 5.96. The maximum Gasteiger partial charge on any atom is 0.257 e. The Hall–Kier alpha value is -3.03. The first-order valence-corrected chi connectivity index (χ1v) is 10.8. The molecule has 3 N–H and O–H groups in total. The number of benzene rings is 3. The molecular weight excluding hydrogens is 474 g/mol. The highest BCUT2D eigenvalue weighted by molar-refractivity contribution is 9.10. The summed E-state index contributed by atoms with van der Waals surface area (Å²) in [6, 6.07) is 18.0. The molecule has 0 aliphatic heterocycles. The van der Waals surface area contributed by atoms with Gasteiger partial charge in [-0.1, -0.05) is 40.2 Å². The summed E-state index contributed by atoms with van der Waals surface area (Å²) < 4.78 is 0.840. The van der Waals surface area contributed by atoms with Gasteiger partial charge in [-0.15, -0.1) is 0 Å². The molecule has 0 spiro atoms. The number of rotatable bonds is 4. The summed E-state index contributed by atoms with van der Waals surface area (Å²) in [4.78, 5) is 25.3. The highest BCUT2D eigenvalue weighted by atomic mass is 79.9. The highest BCUT2D eigenvalue weighted by Crippen LogP contribution is 2.20. The molecule has 0 saturated carbocycles. The van der Waals surface area contributed by atoms with Crippen molar-refractivity contribution in [1.29, 1.82) is 0 Å². The Morgan fingerprint density at radius 2 is 1.52 bits per heavy atom. The number of halogens is 1. The van der Waals surface area contributed by atoms with E-state index in [1.165, 1.54) is 0 Å². The second-order valence-corrected chi connectivity index (χ2v) is 8.43. The van der Waals surface area contributed by atoms with Crippen LogP contribution in [0.2, 0.25) is 0 Å². The molecule has 0 aromatic heterocycles. The van der Waals surface area contributed by atoms with Gasteiger partial charge >= 0.3 is 0 Å². The lowest BCUT2D eigenvalue weighted by Crippen LogP contribution is -2.34. The van der Waals surface area contributed by atoms with Crippen molar-refractivity contribution in [3.8, 4) is 0 Å². The average molecular weight is 496 g/mol. The van der Waals surface area contributed by atoms with E-state index in [1.54, 1.807) is 36.4 Å².